The molecule has 1 fully saturated rings. The van der Waals surface area contributed by atoms with Crippen molar-refractivity contribution in [2.75, 3.05) is 26.2 Å². The molecule has 1 aromatic heterocycles. The van der Waals surface area contributed by atoms with E-state index in [1.54, 1.807) is 6.20 Å². The minimum atomic E-state index is -0.0501. The SMILES string of the molecule is CCOc1ccc(-c2cc(C(=O)NCCCN3CCCCC3C)c3cn[nH]c3c2)cc1. The molecule has 164 valence electrons. The molecule has 1 aliphatic rings. The van der Waals surface area contributed by atoms with Crippen LogP contribution in [0, 0.1) is 0 Å². The van der Waals surface area contributed by atoms with Crippen molar-refractivity contribution in [1.82, 2.24) is 20.4 Å². The van der Waals surface area contributed by atoms with Gasteiger partial charge in [0, 0.05) is 24.5 Å². The number of nitrogens with zero attached hydrogens (tertiary/aromatic N) is 2. The van der Waals surface area contributed by atoms with Crippen molar-refractivity contribution >= 4 is 16.8 Å². The molecular formula is C25H32N4O2. The summed E-state index contributed by atoms with van der Waals surface area (Å²) in [6.07, 6.45) is 6.58. The fourth-order valence-corrected chi connectivity index (χ4v) is 4.39. The van der Waals surface area contributed by atoms with Crippen LogP contribution in [0.2, 0.25) is 0 Å². The van der Waals surface area contributed by atoms with Crippen LogP contribution in [0.3, 0.4) is 0 Å². The number of hydrogen-bond donors (Lipinski definition) is 2. The number of nitrogens with one attached hydrogen (secondary N) is 2. The van der Waals surface area contributed by atoms with Gasteiger partial charge >= 0.3 is 0 Å². The van der Waals surface area contributed by atoms with E-state index in [0.29, 0.717) is 24.8 Å². The third kappa shape index (κ3) is 5.07. The maximum absolute atomic E-state index is 13.0. The Morgan fingerprint density at radius 3 is 2.84 bits per heavy atom. The van der Waals surface area contributed by atoms with E-state index >= 15 is 0 Å². The third-order valence-corrected chi connectivity index (χ3v) is 6.15. The van der Waals surface area contributed by atoms with E-state index in [-0.39, 0.29) is 5.91 Å². The van der Waals surface area contributed by atoms with Crippen LogP contribution < -0.4 is 10.1 Å². The average molecular weight is 421 g/mol. The molecule has 0 bridgehead atoms. The number of carbonyl (C=O) groups is 1. The van der Waals surface area contributed by atoms with Crippen molar-refractivity contribution < 1.29 is 9.53 Å². The van der Waals surface area contributed by atoms with Crippen LogP contribution >= 0.6 is 0 Å². The molecule has 1 aliphatic heterocycles. The molecule has 1 amide bonds. The van der Waals surface area contributed by atoms with E-state index in [9.17, 15) is 4.79 Å². The van der Waals surface area contributed by atoms with Gasteiger partial charge in [0.2, 0.25) is 0 Å². The Morgan fingerprint density at radius 1 is 1.23 bits per heavy atom. The van der Waals surface area contributed by atoms with Crippen LogP contribution in [0.25, 0.3) is 22.0 Å². The fraction of sp³-hybridized carbons (Fsp3) is 0.440. The lowest BCUT2D eigenvalue weighted by molar-refractivity contribution is 0.0950. The zero-order valence-corrected chi connectivity index (χ0v) is 18.5. The van der Waals surface area contributed by atoms with E-state index < -0.39 is 0 Å². The minimum Gasteiger partial charge on any atom is -0.494 e. The second kappa shape index (κ2) is 9.96. The number of benzene rings is 2. The van der Waals surface area contributed by atoms with E-state index in [4.69, 9.17) is 4.74 Å². The number of piperidine rings is 1. The number of fused-ring (bicyclic) bond motifs is 1. The zero-order valence-electron chi connectivity index (χ0n) is 18.5. The monoisotopic (exact) mass is 420 g/mol. The molecule has 0 spiro atoms. The molecule has 6 nitrogen and oxygen atoms in total. The number of likely N-dealkylation sites (tertiary alicyclic amines) is 1. The van der Waals surface area contributed by atoms with Crippen molar-refractivity contribution in [2.24, 2.45) is 0 Å². The van der Waals surface area contributed by atoms with Crippen molar-refractivity contribution in [2.45, 2.75) is 45.6 Å². The van der Waals surface area contributed by atoms with Crippen molar-refractivity contribution in [3.63, 3.8) is 0 Å². The van der Waals surface area contributed by atoms with Crippen molar-refractivity contribution in [1.29, 1.82) is 0 Å². The molecule has 6 heteroatoms. The molecule has 2 aromatic carbocycles. The molecule has 0 radical (unpaired) electrons. The van der Waals surface area contributed by atoms with Gasteiger partial charge in [0.25, 0.3) is 5.91 Å². The summed E-state index contributed by atoms with van der Waals surface area (Å²) in [7, 11) is 0. The lowest BCUT2D eigenvalue weighted by atomic mass is 9.99. The van der Waals surface area contributed by atoms with Gasteiger partial charge < -0.3 is 15.0 Å². The van der Waals surface area contributed by atoms with E-state index in [1.807, 2.05) is 43.3 Å². The summed E-state index contributed by atoms with van der Waals surface area (Å²) < 4.78 is 5.54. The number of amides is 1. The van der Waals surface area contributed by atoms with Crippen LogP contribution in [-0.2, 0) is 0 Å². The predicted octanol–water partition coefficient (Wildman–Crippen LogP) is 4.62. The van der Waals surface area contributed by atoms with Crippen LogP contribution in [0.5, 0.6) is 5.75 Å². The summed E-state index contributed by atoms with van der Waals surface area (Å²) in [4.78, 5) is 15.5. The molecule has 4 rings (SSSR count). The first-order valence-electron chi connectivity index (χ1n) is 11.4. The molecule has 2 N–H and O–H groups in total. The summed E-state index contributed by atoms with van der Waals surface area (Å²) in [6, 6.07) is 12.6. The molecule has 2 heterocycles. The zero-order chi connectivity index (χ0) is 21.6. The quantitative estimate of drug-likeness (QED) is 0.522. The maximum Gasteiger partial charge on any atom is 0.252 e. The van der Waals surface area contributed by atoms with Gasteiger partial charge in [-0.1, -0.05) is 18.6 Å². The van der Waals surface area contributed by atoms with Crippen LogP contribution in [-0.4, -0.2) is 53.3 Å². The largest absolute Gasteiger partial charge is 0.494 e. The molecule has 0 aliphatic carbocycles. The summed E-state index contributed by atoms with van der Waals surface area (Å²) in [5.74, 6) is 0.792. The van der Waals surface area contributed by atoms with Gasteiger partial charge in [-0.15, -0.1) is 0 Å². The first-order chi connectivity index (χ1) is 15.2. The maximum atomic E-state index is 13.0. The normalized spacial score (nSPS) is 17.0. The Morgan fingerprint density at radius 2 is 2.06 bits per heavy atom. The molecular weight excluding hydrogens is 388 g/mol. The van der Waals surface area contributed by atoms with Crippen molar-refractivity contribution in [3.05, 3.63) is 48.2 Å². The average Bonchev–Trinajstić information content (AvgIpc) is 3.26. The number of hydrogen-bond acceptors (Lipinski definition) is 4. The van der Waals surface area contributed by atoms with Crippen molar-refractivity contribution in [3.8, 4) is 16.9 Å². The Kier molecular flexibility index (Phi) is 6.87. The number of aromatic nitrogens is 2. The molecule has 1 saturated heterocycles. The summed E-state index contributed by atoms with van der Waals surface area (Å²) in [5.41, 5.74) is 3.53. The number of rotatable bonds is 8. The highest BCUT2D eigenvalue weighted by Crippen LogP contribution is 2.28. The van der Waals surface area contributed by atoms with Gasteiger partial charge in [0.15, 0.2) is 0 Å². The highest BCUT2D eigenvalue weighted by Gasteiger charge is 2.18. The van der Waals surface area contributed by atoms with Gasteiger partial charge in [-0.05, 0) is 75.0 Å². The predicted molar refractivity (Wildman–Crippen MR) is 125 cm³/mol. The Bertz CT molecular complexity index is 1010. The first kappa shape index (κ1) is 21.4. The third-order valence-electron chi connectivity index (χ3n) is 6.15. The molecule has 1 atom stereocenters. The fourth-order valence-electron chi connectivity index (χ4n) is 4.39. The van der Waals surface area contributed by atoms with Gasteiger partial charge in [-0.3, -0.25) is 9.89 Å². The summed E-state index contributed by atoms with van der Waals surface area (Å²) in [6.45, 7) is 7.80. The minimum absolute atomic E-state index is 0.0501. The highest BCUT2D eigenvalue weighted by molar-refractivity contribution is 6.07. The Balaban J connectivity index is 1.45. The Labute approximate surface area is 184 Å². The lowest BCUT2D eigenvalue weighted by Gasteiger charge is -2.33. The molecule has 31 heavy (non-hydrogen) atoms. The second-order valence-electron chi connectivity index (χ2n) is 8.30. The van der Waals surface area contributed by atoms with Gasteiger partial charge in [-0.2, -0.15) is 5.10 Å². The van der Waals surface area contributed by atoms with E-state index in [0.717, 1.165) is 40.7 Å². The standard InChI is InChI=1S/C25H32N4O2/c1-3-31-21-10-8-19(9-11-21)20-15-22(23-17-27-28-24(23)16-20)25(30)26-12-6-14-29-13-5-4-7-18(29)2/h8-11,15-18H,3-7,12-14H2,1-2H3,(H,26,30)(H,27,28). The topological polar surface area (TPSA) is 70.2 Å². The number of carbonyl (C=O) groups excluding carboxylic acids is 1. The van der Waals surface area contributed by atoms with Gasteiger partial charge in [0.1, 0.15) is 5.75 Å². The van der Waals surface area contributed by atoms with Gasteiger partial charge in [-0.25, -0.2) is 0 Å². The van der Waals surface area contributed by atoms with E-state index in [1.165, 1.54) is 25.8 Å². The van der Waals surface area contributed by atoms with Crippen LogP contribution in [0.4, 0.5) is 0 Å². The first-order valence-corrected chi connectivity index (χ1v) is 11.4. The summed E-state index contributed by atoms with van der Waals surface area (Å²) >= 11 is 0. The van der Waals surface area contributed by atoms with Crippen LogP contribution in [0.15, 0.2) is 42.6 Å². The van der Waals surface area contributed by atoms with E-state index in [2.05, 4.69) is 27.3 Å². The number of aromatic amines is 1. The Hall–Kier alpha value is -2.86. The second-order valence-corrected chi connectivity index (χ2v) is 8.30. The molecule has 3 aromatic rings. The van der Waals surface area contributed by atoms with Crippen LogP contribution in [0.1, 0.15) is 49.9 Å². The highest BCUT2D eigenvalue weighted by atomic mass is 16.5. The number of H-pyrrole nitrogens is 1. The lowest BCUT2D eigenvalue weighted by Crippen LogP contribution is -2.39. The molecule has 0 saturated carbocycles. The summed E-state index contributed by atoms with van der Waals surface area (Å²) in [5, 5.41) is 11.1. The smallest absolute Gasteiger partial charge is 0.252 e. The van der Waals surface area contributed by atoms with Gasteiger partial charge in [0.05, 0.1) is 23.9 Å². The number of ether oxygens (including phenoxy) is 1. The molecule has 1 unspecified atom stereocenters.